The summed E-state index contributed by atoms with van der Waals surface area (Å²) in [7, 11) is 1.89. The Hall–Kier alpha value is -3.56. The molecule has 0 saturated heterocycles. The highest BCUT2D eigenvalue weighted by Crippen LogP contribution is 2.31. The summed E-state index contributed by atoms with van der Waals surface area (Å²) in [5.74, 6) is 0.520. The predicted octanol–water partition coefficient (Wildman–Crippen LogP) is 2.97. The second-order valence-corrected chi connectivity index (χ2v) is 9.13. The fourth-order valence-electron chi connectivity index (χ4n) is 4.67. The van der Waals surface area contributed by atoms with E-state index in [0.29, 0.717) is 24.0 Å². The molecule has 10 nitrogen and oxygen atoms in total. The molecule has 0 radical (unpaired) electrons. The first-order chi connectivity index (χ1) is 16.4. The van der Waals surface area contributed by atoms with Crippen molar-refractivity contribution in [3.8, 4) is 11.3 Å². The molecule has 1 atom stereocenters. The SMILES string of the molecule is CCn1nncc1C(=O)N[C@H](C(=O)Nc1ccc(-c2c(C)cnn2C)cn1)C1CCC(C)CC1. The summed E-state index contributed by atoms with van der Waals surface area (Å²) >= 11 is 0. The fourth-order valence-corrected chi connectivity index (χ4v) is 4.67. The van der Waals surface area contributed by atoms with E-state index in [2.05, 4.69) is 38.0 Å². The van der Waals surface area contributed by atoms with Gasteiger partial charge in [0.05, 0.1) is 18.1 Å². The molecule has 34 heavy (non-hydrogen) atoms. The Morgan fingerprint density at radius 3 is 2.53 bits per heavy atom. The van der Waals surface area contributed by atoms with Gasteiger partial charge in [0, 0.05) is 25.4 Å². The second-order valence-electron chi connectivity index (χ2n) is 9.13. The fraction of sp³-hybridized carbons (Fsp3) is 0.500. The number of carbonyl (C=O) groups is 2. The Balaban J connectivity index is 1.51. The number of anilines is 1. The maximum atomic E-state index is 13.4. The minimum absolute atomic E-state index is 0.0578. The topological polar surface area (TPSA) is 120 Å². The number of carbonyl (C=O) groups excluding carboxylic acids is 2. The summed E-state index contributed by atoms with van der Waals surface area (Å²) in [4.78, 5) is 30.8. The second kappa shape index (κ2) is 10.1. The molecule has 1 aliphatic carbocycles. The van der Waals surface area contributed by atoms with Crippen LogP contribution in [0.5, 0.6) is 0 Å². The molecule has 0 unspecified atom stereocenters. The number of rotatable bonds is 7. The summed E-state index contributed by atoms with van der Waals surface area (Å²) in [6, 6.07) is 3.02. The molecule has 180 valence electrons. The van der Waals surface area contributed by atoms with Gasteiger partial charge in [-0.2, -0.15) is 5.10 Å². The number of aromatic nitrogens is 6. The predicted molar refractivity (Wildman–Crippen MR) is 128 cm³/mol. The van der Waals surface area contributed by atoms with Gasteiger partial charge in [-0.1, -0.05) is 25.0 Å². The molecule has 0 aromatic carbocycles. The van der Waals surface area contributed by atoms with E-state index >= 15 is 0 Å². The normalized spacial score (nSPS) is 18.9. The van der Waals surface area contributed by atoms with Crippen LogP contribution in [-0.4, -0.2) is 47.6 Å². The number of nitrogens with one attached hydrogen (secondary N) is 2. The van der Waals surface area contributed by atoms with Crippen molar-refractivity contribution in [2.24, 2.45) is 18.9 Å². The minimum atomic E-state index is -0.666. The standard InChI is InChI=1S/C24H32N8O2/c1-5-32-19(14-26-30-32)23(33)29-21(17-8-6-15(2)7-9-17)24(34)28-20-11-10-18(13-25-20)22-16(3)12-27-31(22)4/h10-15,17,21H,5-9H2,1-4H3,(H,29,33)(H,25,28,34)/t15?,17?,21-/m0/s1. The van der Waals surface area contributed by atoms with Gasteiger partial charge in [-0.25, -0.2) is 9.67 Å². The Morgan fingerprint density at radius 1 is 1.15 bits per heavy atom. The van der Waals surface area contributed by atoms with E-state index in [9.17, 15) is 9.59 Å². The average molecular weight is 465 g/mol. The first-order valence-corrected chi connectivity index (χ1v) is 11.8. The zero-order chi connectivity index (χ0) is 24.2. The largest absolute Gasteiger partial charge is 0.339 e. The van der Waals surface area contributed by atoms with Crippen LogP contribution in [0.3, 0.4) is 0 Å². The minimum Gasteiger partial charge on any atom is -0.339 e. The molecular formula is C24H32N8O2. The van der Waals surface area contributed by atoms with E-state index in [1.165, 1.54) is 10.9 Å². The van der Waals surface area contributed by atoms with E-state index < -0.39 is 6.04 Å². The van der Waals surface area contributed by atoms with Crippen molar-refractivity contribution < 1.29 is 9.59 Å². The van der Waals surface area contributed by atoms with E-state index in [1.807, 2.05) is 33.2 Å². The monoisotopic (exact) mass is 464 g/mol. The van der Waals surface area contributed by atoms with Crippen LogP contribution in [0.1, 0.15) is 55.6 Å². The van der Waals surface area contributed by atoms with Gasteiger partial charge in [0.15, 0.2) is 0 Å². The molecule has 0 bridgehead atoms. The van der Waals surface area contributed by atoms with Crippen LogP contribution in [0.25, 0.3) is 11.3 Å². The van der Waals surface area contributed by atoms with Crippen LogP contribution in [0, 0.1) is 18.8 Å². The van der Waals surface area contributed by atoms with Crippen LogP contribution in [0.15, 0.2) is 30.7 Å². The lowest BCUT2D eigenvalue weighted by molar-refractivity contribution is -0.119. The van der Waals surface area contributed by atoms with Crippen molar-refractivity contribution in [1.82, 2.24) is 35.1 Å². The van der Waals surface area contributed by atoms with Gasteiger partial charge in [0.2, 0.25) is 5.91 Å². The lowest BCUT2D eigenvalue weighted by Gasteiger charge is -2.32. The van der Waals surface area contributed by atoms with E-state index in [-0.39, 0.29) is 17.7 Å². The maximum Gasteiger partial charge on any atom is 0.271 e. The number of aryl methyl sites for hydroxylation is 3. The third-order valence-electron chi connectivity index (χ3n) is 6.66. The van der Waals surface area contributed by atoms with Crippen molar-refractivity contribution in [3.05, 3.63) is 42.0 Å². The van der Waals surface area contributed by atoms with Gasteiger partial charge in [0.25, 0.3) is 5.91 Å². The van der Waals surface area contributed by atoms with Crippen molar-refractivity contribution >= 4 is 17.6 Å². The Morgan fingerprint density at radius 2 is 1.91 bits per heavy atom. The average Bonchev–Trinajstić information content (AvgIpc) is 3.45. The highest BCUT2D eigenvalue weighted by atomic mass is 16.2. The quantitative estimate of drug-likeness (QED) is 0.555. The van der Waals surface area contributed by atoms with Crippen LogP contribution in [-0.2, 0) is 18.4 Å². The molecule has 3 heterocycles. The third kappa shape index (κ3) is 5.00. The Labute approximate surface area is 199 Å². The van der Waals surface area contributed by atoms with Gasteiger partial charge in [-0.05, 0) is 56.2 Å². The molecule has 0 aliphatic heterocycles. The Kier molecular flexibility index (Phi) is 7.04. The smallest absolute Gasteiger partial charge is 0.271 e. The highest BCUT2D eigenvalue weighted by Gasteiger charge is 2.33. The first-order valence-electron chi connectivity index (χ1n) is 11.8. The molecular weight excluding hydrogens is 432 g/mol. The van der Waals surface area contributed by atoms with Crippen LogP contribution >= 0.6 is 0 Å². The number of amides is 2. The lowest BCUT2D eigenvalue weighted by atomic mass is 9.79. The first kappa shape index (κ1) is 23.6. The summed E-state index contributed by atoms with van der Waals surface area (Å²) < 4.78 is 3.32. The van der Waals surface area contributed by atoms with Crippen LogP contribution in [0.2, 0.25) is 0 Å². The molecule has 4 rings (SSSR count). The molecule has 1 saturated carbocycles. The van der Waals surface area contributed by atoms with Crippen molar-refractivity contribution in [1.29, 1.82) is 0 Å². The zero-order valence-corrected chi connectivity index (χ0v) is 20.2. The van der Waals surface area contributed by atoms with Gasteiger partial charge >= 0.3 is 0 Å². The van der Waals surface area contributed by atoms with E-state index in [1.54, 1.807) is 16.9 Å². The van der Waals surface area contributed by atoms with E-state index in [4.69, 9.17) is 0 Å². The van der Waals surface area contributed by atoms with Crippen molar-refractivity contribution in [3.63, 3.8) is 0 Å². The van der Waals surface area contributed by atoms with Crippen LogP contribution < -0.4 is 10.6 Å². The third-order valence-corrected chi connectivity index (χ3v) is 6.66. The van der Waals surface area contributed by atoms with E-state index in [0.717, 1.165) is 42.5 Å². The summed E-state index contributed by atoms with van der Waals surface area (Å²) in [5, 5.41) is 17.9. The van der Waals surface area contributed by atoms with Crippen LogP contribution in [0.4, 0.5) is 5.82 Å². The summed E-state index contributed by atoms with van der Waals surface area (Å²) in [6.45, 7) is 6.63. The molecule has 10 heteroatoms. The zero-order valence-electron chi connectivity index (χ0n) is 20.2. The summed E-state index contributed by atoms with van der Waals surface area (Å²) in [6.07, 6.45) is 8.81. The molecule has 2 N–H and O–H groups in total. The maximum absolute atomic E-state index is 13.4. The van der Waals surface area contributed by atoms with Crippen molar-refractivity contribution in [2.75, 3.05) is 5.32 Å². The number of nitrogens with zero attached hydrogens (tertiary/aromatic N) is 6. The molecule has 0 spiro atoms. The number of pyridine rings is 1. The van der Waals surface area contributed by atoms with Gasteiger partial charge in [-0.3, -0.25) is 14.3 Å². The summed E-state index contributed by atoms with van der Waals surface area (Å²) in [5.41, 5.74) is 3.30. The van der Waals surface area contributed by atoms with Gasteiger partial charge in [-0.15, -0.1) is 5.10 Å². The number of hydrogen-bond donors (Lipinski definition) is 2. The molecule has 3 aromatic heterocycles. The highest BCUT2D eigenvalue weighted by molar-refractivity contribution is 6.00. The molecule has 1 fully saturated rings. The molecule has 2 amide bonds. The van der Waals surface area contributed by atoms with Crippen molar-refractivity contribution in [2.45, 2.75) is 59.0 Å². The lowest BCUT2D eigenvalue weighted by Crippen LogP contribution is -2.49. The molecule has 3 aromatic rings. The number of hydrogen-bond acceptors (Lipinski definition) is 6. The van der Waals surface area contributed by atoms with Gasteiger partial charge in [0.1, 0.15) is 17.6 Å². The van der Waals surface area contributed by atoms with Gasteiger partial charge < -0.3 is 10.6 Å². The molecule has 1 aliphatic rings. The Bertz CT molecular complexity index is 1120.